The number of hydrogen-bond donors (Lipinski definition) is 2. The fraction of sp³-hybridized carbons (Fsp3) is 0.900. The monoisotopic (exact) mass is 201 g/mol. The Kier molecular flexibility index (Phi) is 6.49. The summed E-state index contributed by atoms with van der Waals surface area (Å²) in [5, 5.41) is 7.33. The van der Waals surface area contributed by atoms with E-state index in [0.717, 1.165) is 19.7 Å². The van der Waals surface area contributed by atoms with E-state index in [4.69, 9.17) is 15.9 Å². The number of hydrogen-bond acceptors (Lipinski definition) is 3. The van der Waals surface area contributed by atoms with Gasteiger partial charge in [-0.2, -0.15) is 0 Å². The third-order valence-electron chi connectivity index (χ3n) is 2.48. The molecule has 2 unspecified atom stereocenters. The third kappa shape index (κ3) is 4.58. The van der Waals surface area contributed by atoms with Crippen molar-refractivity contribution in [3.05, 3.63) is 0 Å². The largest absolute Gasteiger partial charge is 0.387 e. The highest BCUT2D eigenvalue weighted by molar-refractivity contribution is 5.79. The summed E-state index contributed by atoms with van der Waals surface area (Å²) >= 11 is 0. The molecular weight excluding hydrogens is 178 g/mol. The van der Waals surface area contributed by atoms with Crippen LogP contribution in [0.15, 0.2) is 0 Å². The Morgan fingerprint density at radius 1 is 1.50 bits per heavy atom. The Hall–Kier alpha value is -0.610. The highest BCUT2D eigenvalue weighted by Gasteiger charge is 2.16. The molecule has 0 heterocycles. The summed E-state index contributed by atoms with van der Waals surface area (Å²) < 4.78 is 5.10. The second kappa shape index (κ2) is 6.79. The van der Waals surface area contributed by atoms with Crippen LogP contribution in [0.5, 0.6) is 0 Å². The van der Waals surface area contributed by atoms with E-state index in [0.29, 0.717) is 6.04 Å². The van der Waals surface area contributed by atoms with Gasteiger partial charge in [-0.25, -0.2) is 0 Å². The number of ether oxygens (including phenoxy) is 1. The van der Waals surface area contributed by atoms with Gasteiger partial charge in [-0.3, -0.25) is 10.3 Å². The van der Waals surface area contributed by atoms with Crippen LogP contribution >= 0.6 is 0 Å². The molecule has 0 aromatic rings. The fourth-order valence-corrected chi connectivity index (χ4v) is 1.42. The summed E-state index contributed by atoms with van der Waals surface area (Å²) in [4.78, 5) is 2.27. The number of amidine groups is 1. The molecule has 2 atom stereocenters. The lowest BCUT2D eigenvalue weighted by molar-refractivity contribution is 0.0985. The van der Waals surface area contributed by atoms with E-state index >= 15 is 0 Å². The maximum atomic E-state index is 7.33. The standard InChI is InChI=1S/C10H23N3O/c1-5-13(9(3)7-14-4)6-8(2)10(11)12/h8-9H,5-7H2,1-4H3,(H3,11,12). The van der Waals surface area contributed by atoms with Gasteiger partial charge < -0.3 is 10.5 Å². The van der Waals surface area contributed by atoms with Gasteiger partial charge in [0.15, 0.2) is 0 Å². The number of likely N-dealkylation sites (N-methyl/N-ethyl adjacent to an activating group) is 1. The number of rotatable bonds is 7. The van der Waals surface area contributed by atoms with Gasteiger partial charge in [0.2, 0.25) is 0 Å². The Bertz CT molecular complexity index is 173. The fourth-order valence-electron chi connectivity index (χ4n) is 1.42. The van der Waals surface area contributed by atoms with E-state index in [-0.39, 0.29) is 11.8 Å². The molecule has 0 aliphatic carbocycles. The minimum atomic E-state index is 0.120. The average Bonchev–Trinajstić information content (AvgIpc) is 2.13. The lowest BCUT2D eigenvalue weighted by Gasteiger charge is -2.29. The van der Waals surface area contributed by atoms with E-state index in [9.17, 15) is 0 Å². The van der Waals surface area contributed by atoms with Crippen LogP contribution in [0.1, 0.15) is 20.8 Å². The van der Waals surface area contributed by atoms with Crippen molar-refractivity contribution in [2.75, 3.05) is 26.8 Å². The van der Waals surface area contributed by atoms with E-state index < -0.39 is 0 Å². The molecule has 0 aliphatic rings. The normalized spacial score (nSPS) is 15.5. The summed E-state index contributed by atoms with van der Waals surface area (Å²) in [6.07, 6.45) is 0. The molecule has 0 saturated carbocycles. The van der Waals surface area contributed by atoms with Crippen LogP contribution in [-0.2, 0) is 4.74 Å². The molecule has 0 saturated heterocycles. The summed E-state index contributed by atoms with van der Waals surface area (Å²) in [6, 6.07) is 0.381. The zero-order valence-corrected chi connectivity index (χ0v) is 9.71. The quantitative estimate of drug-likeness (QED) is 0.475. The molecule has 0 aromatic heterocycles. The molecule has 3 N–H and O–H groups in total. The number of nitrogens with two attached hydrogens (primary N) is 1. The zero-order chi connectivity index (χ0) is 11.1. The van der Waals surface area contributed by atoms with Gasteiger partial charge in [-0.1, -0.05) is 13.8 Å². The van der Waals surface area contributed by atoms with Crippen LogP contribution in [0.25, 0.3) is 0 Å². The summed E-state index contributed by atoms with van der Waals surface area (Å²) in [5.74, 6) is 0.377. The predicted octanol–water partition coefficient (Wildman–Crippen LogP) is 0.915. The summed E-state index contributed by atoms with van der Waals surface area (Å²) in [5.41, 5.74) is 5.44. The Labute approximate surface area is 86.9 Å². The second-order valence-electron chi connectivity index (χ2n) is 3.75. The van der Waals surface area contributed by atoms with Gasteiger partial charge >= 0.3 is 0 Å². The first kappa shape index (κ1) is 13.4. The molecule has 14 heavy (non-hydrogen) atoms. The molecule has 84 valence electrons. The molecule has 0 amide bonds. The van der Waals surface area contributed by atoms with Crippen molar-refractivity contribution in [3.63, 3.8) is 0 Å². The molecule has 4 nitrogen and oxygen atoms in total. The lowest BCUT2D eigenvalue weighted by Crippen LogP contribution is -2.41. The van der Waals surface area contributed by atoms with Crippen molar-refractivity contribution in [2.24, 2.45) is 11.7 Å². The maximum absolute atomic E-state index is 7.33. The first-order valence-corrected chi connectivity index (χ1v) is 5.09. The van der Waals surface area contributed by atoms with E-state index in [2.05, 4.69) is 18.7 Å². The van der Waals surface area contributed by atoms with Crippen LogP contribution in [0.3, 0.4) is 0 Å². The van der Waals surface area contributed by atoms with Gasteiger partial charge in [0.05, 0.1) is 12.4 Å². The van der Waals surface area contributed by atoms with E-state index in [1.807, 2.05) is 6.92 Å². The average molecular weight is 201 g/mol. The van der Waals surface area contributed by atoms with Crippen molar-refractivity contribution >= 4 is 5.84 Å². The van der Waals surface area contributed by atoms with Crippen molar-refractivity contribution in [3.8, 4) is 0 Å². The van der Waals surface area contributed by atoms with Crippen molar-refractivity contribution in [1.29, 1.82) is 5.41 Å². The van der Waals surface area contributed by atoms with Gasteiger partial charge in [-0.05, 0) is 13.5 Å². The highest BCUT2D eigenvalue weighted by Crippen LogP contribution is 2.04. The molecule has 0 fully saturated rings. The number of methoxy groups -OCH3 is 1. The van der Waals surface area contributed by atoms with Gasteiger partial charge in [0, 0.05) is 25.6 Å². The molecular formula is C10H23N3O. The number of nitrogens with zero attached hydrogens (tertiary/aromatic N) is 1. The molecule has 4 heteroatoms. The Balaban J connectivity index is 4.07. The van der Waals surface area contributed by atoms with E-state index in [1.165, 1.54) is 0 Å². The predicted molar refractivity (Wildman–Crippen MR) is 59.7 cm³/mol. The minimum absolute atomic E-state index is 0.120. The van der Waals surface area contributed by atoms with Crippen LogP contribution in [0, 0.1) is 11.3 Å². The molecule has 0 rings (SSSR count). The SMILES string of the molecule is CCN(CC(C)C(=N)N)C(C)COC. The smallest absolute Gasteiger partial charge is 0.0947 e. The van der Waals surface area contributed by atoms with Crippen LogP contribution in [0.2, 0.25) is 0 Å². The molecule has 0 spiro atoms. The minimum Gasteiger partial charge on any atom is -0.387 e. The summed E-state index contributed by atoms with van der Waals surface area (Å²) in [7, 11) is 1.71. The zero-order valence-electron chi connectivity index (χ0n) is 9.71. The van der Waals surface area contributed by atoms with E-state index in [1.54, 1.807) is 7.11 Å². The first-order chi connectivity index (χ1) is 6.52. The maximum Gasteiger partial charge on any atom is 0.0947 e. The summed E-state index contributed by atoms with van der Waals surface area (Å²) in [6.45, 7) is 8.72. The lowest BCUT2D eigenvalue weighted by atomic mass is 10.1. The van der Waals surface area contributed by atoms with Crippen molar-refractivity contribution in [1.82, 2.24) is 4.90 Å². The van der Waals surface area contributed by atoms with Gasteiger partial charge in [0.25, 0.3) is 0 Å². The van der Waals surface area contributed by atoms with Crippen molar-refractivity contribution in [2.45, 2.75) is 26.8 Å². The highest BCUT2D eigenvalue weighted by atomic mass is 16.5. The molecule has 0 radical (unpaired) electrons. The van der Waals surface area contributed by atoms with Crippen LogP contribution in [-0.4, -0.2) is 43.6 Å². The number of nitrogens with one attached hydrogen (secondary N) is 1. The Morgan fingerprint density at radius 3 is 2.43 bits per heavy atom. The van der Waals surface area contributed by atoms with Gasteiger partial charge in [0.1, 0.15) is 0 Å². The van der Waals surface area contributed by atoms with Crippen LogP contribution in [0.4, 0.5) is 0 Å². The molecule has 0 aliphatic heterocycles. The first-order valence-electron chi connectivity index (χ1n) is 5.09. The topological polar surface area (TPSA) is 62.3 Å². The van der Waals surface area contributed by atoms with Crippen molar-refractivity contribution < 1.29 is 4.74 Å². The third-order valence-corrected chi connectivity index (χ3v) is 2.48. The Morgan fingerprint density at radius 2 is 2.07 bits per heavy atom. The molecule has 0 bridgehead atoms. The molecule has 0 aromatic carbocycles. The van der Waals surface area contributed by atoms with Crippen LogP contribution < -0.4 is 5.73 Å². The van der Waals surface area contributed by atoms with Gasteiger partial charge in [-0.15, -0.1) is 0 Å². The second-order valence-corrected chi connectivity index (χ2v) is 3.75.